The van der Waals surface area contributed by atoms with E-state index in [9.17, 15) is 18.0 Å². The molecule has 30 heavy (non-hydrogen) atoms. The van der Waals surface area contributed by atoms with Gasteiger partial charge in [-0.25, -0.2) is 13.2 Å². The van der Waals surface area contributed by atoms with Gasteiger partial charge in [0.1, 0.15) is 11.6 Å². The largest absolute Gasteiger partial charge is 0.444 e. The van der Waals surface area contributed by atoms with E-state index < -0.39 is 27.8 Å². The fourth-order valence-corrected chi connectivity index (χ4v) is 4.93. The lowest BCUT2D eigenvalue weighted by Gasteiger charge is -2.28. The second-order valence-corrected chi connectivity index (χ2v) is 10.3. The van der Waals surface area contributed by atoms with Crippen molar-refractivity contribution in [3.63, 3.8) is 0 Å². The maximum absolute atomic E-state index is 12.8. The van der Waals surface area contributed by atoms with Gasteiger partial charge in [0.15, 0.2) is 0 Å². The van der Waals surface area contributed by atoms with Crippen LogP contribution in [0.1, 0.15) is 33.6 Å². The summed E-state index contributed by atoms with van der Waals surface area (Å²) in [6, 6.07) is 5.50. The van der Waals surface area contributed by atoms with Crippen molar-refractivity contribution in [2.45, 2.75) is 50.2 Å². The summed E-state index contributed by atoms with van der Waals surface area (Å²) in [5.41, 5.74) is -0.284. The zero-order valence-corrected chi connectivity index (χ0v) is 18.4. The highest BCUT2D eigenvalue weighted by molar-refractivity contribution is 7.89. The minimum Gasteiger partial charge on any atom is -0.444 e. The number of anilines is 1. The van der Waals surface area contributed by atoms with Gasteiger partial charge in [0.05, 0.1) is 18.1 Å². The lowest BCUT2D eigenvalue weighted by molar-refractivity contribution is -0.120. The molecular formula is C20H29N3O6S. The summed E-state index contributed by atoms with van der Waals surface area (Å²) in [4.78, 5) is 26.8. The first-order valence-electron chi connectivity index (χ1n) is 10.1. The zero-order valence-electron chi connectivity index (χ0n) is 17.6. The summed E-state index contributed by atoms with van der Waals surface area (Å²) < 4.78 is 37.7. The Morgan fingerprint density at radius 3 is 2.53 bits per heavy atom. The molecule has 2 amide bonds. The third-order valence-corrected chi connectivity index (χ3v) is 6.79. The fraction of sp³-hybridized carbons (Fsp3) is 0.600. The van der Waals surface area contributed by atoms with Crippen molar-refractivity contribution in [3.8, 4) is 0 Å². The summed E-state index contributed by atoms with van der Waals surface area (Å²) in [7, 11) is -3.67. The van der Waals surface area contributed by atoms with Gasteiger partial charge in [-0.3, -0.25) is 9.69 Å². The molecule has 0 spiro atoms. The van der Waals surface area contributed by atoms with E-state index in [1.807, 2.05) is 0 Å². The molecule has 0 saturated carbocycles. The Hall–Kier alpha value is -2.17. The average Bonchev–Trinajstić information content (AvgIpc) is 3.18. The quantitative estimate of drug-likeness (QED) is 0.770. The van der Waals surface area contributed by atoms with Crippen LogP contribution in [0.2, 0.25) is 0 Å². The van der Waals surface area contributed by atoms with Crippen LogP contribution >= 0.6 is 0 Å². The van der Waals surface area contributed by atoms with E-state index in [0.717, 1.165) is 0 Å². The number of hydrogen-bond donors (Lipinski definition) is 1. The molecule has 0 aromatic heterocycles. The predicted molar refractivity (Wildman–Crippen MR) is 111 cm³/mol. The lowest BCUT2D eigenvalue weighted by Crippen LogP contribution is -2.45. The molecule has 2 aliphatic rings. The number of hydrogen-bond acceptors (Lipinski definition) is 6. The molecule has 0 bridgehead atoms. The smallest absolute Gasteiger partial charge is 0.410 e. The second kappa shape index (κ2) is 8.91. The maximum Gasteiger partial charge on any atom is 0.410 e. The summed E-state index contributed by atoms with van der Waals surface area (Å²) >= 11 is 0. The number of nitrogens with zero attached hydrogens (tertiary/aromatic N) is 2. The summed E-state index contributed by atoms with van der Waals surface area (Å²) in [5.74, 6) is -0.362. The van der Waals surface area contributed by atoms with Gasteiger partial charge in [-0.05, 0) is 51.8 Å². The van der Waals surface area contributed by atoms with Gasteiger partial charge < -0.3 is 14.8 Å². The van der Waals surface area contributed by atoms with Gasteiger partial charge in [0, 0.05) is 25.3 Å². The van der Waals surface area contributed by atoms with Crippen LogP contribution in [0, 0.1) is 0 Å². The molecule has 3 rings (SSSR count). The molecule has 9 nitrogen and oxygen atoms in total. The molecule has 166 valence electrons. The first kappa shape index (κ1) is 22.5. The number of amides is 2. The van der Waals surface area contributed by atoms with Crippen LogP contribution in [0.15, 0.2) is 29.2 Å². The Kier molecular flexibility index (Phi) is 6.68. The normalized spacial score (nSPS) is 20.8. The molecule has 2 saturated heterocycles. The van der Waals surface area contributed by atoms with E-state index in [0.29, 0.717) is 51.4 Å². The summed E-state index contributed by atoms with van der Waals surface area (Å²) in [6.45, 7) is 7.08. The number of likely N-dealkylation sites (tertiary alicyclic amines) is 1. The van der Waals surface area contributed by atoms with Crippen molar-refractivity contribution in [3.05, 3.63) is 24.3 Å². The third kappa shape index (κ3) is 5.30. The molecule has 10 heteroatoms. The number of benzene rings is 1. The van der Waals surface area contributed by atoms with Crippen LogP contribution in [0.5, 0.6) is 0 Å². The van der Waals surface area contributed by atoms with Crippen LogP contribution in [0.25, 0.3) is 0 Å². The van der Waals surface area contributed by atoms with Gasteiger partial charge in [-0.15, -0.1) is 0 Å². The first-order valence-corrected chi connectivity index (χ1v) is 11.5. The van der Waals surface area contributed by atoms with Crippen molar-refractivity contribution < 1.29 is 27.5 Å². The van der Waals surface area contributed by atoms with E-state index in [1.165, 1.54) is 21.3 Å². The lowest BCUT2D eigenvalue weighted by atomic mass is 10.2. The van der Waals surface area contributed by atoms with Crippen LogP contribution in [-0.2, 0) is 24.3 Å². The number of carbonyl (C=O) groups excluding carboxylic acids is 2. The van der Waals surface area contributed by atoms with Gasteiger partial charge in [-0.1, -0.05) is 6.07 Å². The summed E-state index contributed by atoms with van der Waals surface area (Å²) in [6.07, 6.45) is 0.698. The van der Waals surface area contributed by atoms with E-state index in [-0.39, 0.29) is 10.8 Å². The Morgan fingerprint density at radius 1 is 1.17 bits per heavy atom. The van der Waals surface area contributed by atoms with E-state index in [1.54, 1.807) is 32.9 Å². The van der Waals surface area contributed by atoms with Crippen LogP contribution < -0.4 is 5.32 Å². The highest BCUT2D eigenvalue weighted by Crippen LogP contribution is 2.24. The first-order chi connectivity index (χ1) is 14.1. The maximum atomic E-state index is 12.8. The van der Waals surface area contributed by atoms with Crippen LogP contribution in [0.3, 0.4) is 0 Å². The molecule has 0 unspecified atom stereocenters. The Labute approximate surface area is 177 Å². The van der Waals surface area contributed by atoms with Crippen molar-refractivity contribution in [1.82, 2.24) is 9.21 Å². The molecule has 2 aliphatic heterocycles. The molecule has 0 aliphatic carbocycles. The molecular weight excluding hydrogens is 410 g/mol. The van der Waals surface area contributed by atoms with Gasteiger partial charge in [0.25, 0.3) is 0 Å². The van der Waals surface area contributed by atoms with Crippen molar-refractivity contribution >= 4 is 27.7 Å². The monoisotopic (exact) mass is 439 g/mol. The van der Waals surface area contributed by atoms with E-state index in [2.05, 4.69) is 5.32 Å². The molecule has 1 N–H and O–H groups in total. The predicted octanol–water partition coefficient (Wildman–Crippen LogP) is 2.05. The standard InChI is InChI=1S/C20H29N3O6S/c1-20(2,3)29-19(25)23-9-5-8-17(23)18(24)21-15-6-4-7-16(14-15)30(26,27)22-10-12-28-13-11-22/h4,6-7,14,17H,5,8-13H2,1-3H3,(H,21,24)/t17-/m1/s1. The number of ether oxygens (including phenoxy) is 2. The fourth-order valence-electron chi connectivity index (χ4n) is 3.47. The van der Waals surface area contributed by atoms with Gasteiger partial charge in [-0.2, -0.15) is 4.31 Å². The highest BCUT2D eigenvalue weighted by atomic mass is 32.2. The highest BCUT2D eigenvalue weighted by Gasteiger charge is 2.36. The van der Waals surface area contributed by atoms with Gasteiger partial charge in [0.2, 0.25) is 15.9 Å². The second-order valence-electron chi connectivity index (χ2n) is 8.37. The number of sulfonamides is 1. The van der Waals surface area contributed by atoms with E-state index in [4.69, 9.17) is 9.47 Å². The zero-order chi connectivity index (χ0) is 21.9. The SMILES string of the molecule is CC(C)(C)OC(=O)N1CCC[C@@H]1C(=O)Nc1cccc(S(=O)(=O)N2CCOCC2)c1. The third-order valence-electron chi connectivity index (χ3n) is 4.89. The molecule has 1 atom stereocenters. The number of morpholine rings is 1. The molecule has 2 fully saturated rings. The van der Waals surface area contributed by atoms with Crippen LogP contribution in [-0.4, -0.2) is 74.1 Å². The molecule has 0 radical (unpaired) electrons. The number of rotatable bonds is 4. The Bertz CT molecular complexity index is 890. The van der Waals surface area contributed by atoms with Crippen LogP contribution in [0.4, 0.5) is 10.5 Å². The van der Waals surface area contributed by atoms with E-state index >= 15 is 0 Å². The Morgan fingerprint density at radius 2 is 1.87 bits per heavy atom. The number of carbonyl (C=O) groups is 2. The summed E-state index contributed by atoms with van der Waals surface area (Å²) in [5, 5.41) is 2.75. The van der Waals surface area contributed by atoms with Crippen molar-refractivity contribution in [2.24, 2.45) is 0 Å². The minimum atomic E-state index is -3.67. The molecule has 2 heterocycles. The van der Waals surface area contributed by atoms with Gasteiger partial charge >= 0.3 is 6.09 Å². The minimum absolute atomic E-state index is 0.109. The van der Waals surface area contributed by atoms with Crippen molar-refractivity contribution in [2.75, 3.05) is 38.2 Å². The Balaban J connectivity index is 1.71. The molecule has 1 aromatic carbocycles. The molecule has 1 aromatic rings. The topological polar surface area (TPSA) is 105 Å². The number of nitrogens with one attached hydrogen (secondary N) is 1. The average molecular weight is 440 g/mol. The van der Waals surface area contributed by atoms with Crippen molar-refractivity contribution in [1.29, 1.82) is 0 Å².